The van der Waals surface area contributed by atoms with Crippen LogP contribution >= 0.6 is 11.8 Å². The molecular weight excluding hydrogens is 316 g/mol. The van der Waals surface area contributed by atoms with Gasteiger partial charge in [0.25, 0.3) is 0 Å². The summed E-state index contributed by atoms with van der Waals surface area (Å²) in [6.07, 6.45) is 12.7. The third kappa shape index (κ3) is 4.32. The number of fused-ring (bicyclic) bond motifs is 3. The van der Waals surface area contributed by atoms with Gasteiger partial charge in [-0.15, -0.1) is 0 Å². The Hall–Kier alpha value is 0.270. The van der Waals surface area contributed by atoms with Crippen LogP contribution in [0.5, 0.6) is 0 Å². The molecule has 7 atom stereocenters. The minimum absolute atomic E-state index is 0.516. The minimum atomic E-state index is 0.516. The van der Waals surface area contributed by atoms with Crippen LogP contribution in [0.25, 0.3) is 0 Å². The Morgan fingerprint density at radius 3 is 2.33 bits per heavy atom. The second-order valence-corrected chi connectivity index (χ2v) is 9.75. The summed E-state index contributed by atoms with van der Waals surface area (Å²) in [5.74, 6) is 2.65. The lowest BCUT2D eigenvalue weighted by molar-refractivity contribution is -0.0260. The summed E-state index contributed by atoms with van der Waals surface area (Å²) in [6.45, 7) is 8.90. The quantitative estimate of drug-likeness (QED) is 0.522. The summed E-state index contributed by atoms with van der Waals surface area (Å²) in [5.41, 5.74) is 0. The molecule has 24 heavy (non-hydrogen) atoms. The number of rotatable bonds is 8. The monoisotopic (exact) mass is 354 g/mol. The van der Waals surface area contributed by atoms with Gasteiger partial charge in [-0.1, -0.05) is 33.6 Å². The Morgan fingerprint density at radius 2 is 1.58 bits per heavy atom. The van der Waals surface area contributed by atoms with Crippen molar-refractivity contribution in [1.82, 2.24) is 0 Å². The van der Waals surface area contributed by atoms with Crippen molar-refractivity contribution in [3.05, 3.63) is 0 Å². The van der Waals surface area contributed by atoms with Gasteiger partial charge < -0.3 is 9.47 Å². The van der Waals surface area contributed by atoms with Gasteiger partial charge in [-0.25, -0.2) is 0 Å². The van der Waals surface area contributed by atoms with Crippen LogP contribution in [0, 0.1) is 17.8 Å². The molecular formula is C21H38O2S. The first-order valence-electron chi connectivity index (χ1n) is 10.6. The molecule has 0 spiro atoms. The highest BCUT2D eigenvalue weighted by molar-refractivity contribution is 8.00. The molecule has 3 heteroatoms. The van der Waals surface area contributed by atoms with E-state index in [-0.39, 0.29) is 0 Å². The Bertz CT molecular complexity index is 375. The van der Waals surface area contributed by atoms with Crippen LogP contribution in [-0.2, 0) is 9.47 Å². The van der Waals surface area contributed by atoms with Gasteiger partial charge in [0.05, 0.1) is 12.2 Å². The molecule has 0 aromatic heterocycles. The number of thioether (sulfide) groups is 1. The average molecular weight is 355 g/mol. The zero-order valence-corrected chi connectivity index (χ0v) is 16.9. The summed E-state index contributed by atoms with van der Waals surface area (Å²) in [6, 6.07) is 0. The molecule has 1 heterocycles. The minimum Gasteiger partial charge on any atom is -0.378 e. The molecule has 0 bridgehead atoms. The standard InChI is InChI=1S/C21H38O2S/c1-4-6-12-22-16-8-9-17-18-10-11-19(23-13-7-5-2)15(3)21(18)24-20(17)14-16/h15-21H,4-14H2,1-3H3. The van der Waals surface area contributed by atoms with E-state index >= 15 is 0 Å². The van der Waals surface area contributed by atoms with Crippen LogP contribution in [0.1, 0.15) is 78.6 Å². The maximum atomic E-state index is 6.25. The maximum absolute atomic E-state index is 6.25. The van der Waals surface area contributed by atoms with E-state index in [4.69, 9.17) is 9.47 Å². The van der Waals surface area contributed by atoms with E-state index in [1.54, 1.807) is 0 Å². The van der Waals surface area contributed by atoms with Crippen molar-refractivity contribution in [1.29, 1.82) is 0 Å². The topological polar surface area (TPSA) is 18.5 Å². The van der Waals surface area contributed by atoms with Crippen LogP contribution in [0.15, 0.2) is 0 Å². The third-order valence-electron chi connectivity index (χ3n) is 6.67. The van der Waals surface area contributed by atoms with E-state index < -0.39 is 0 Å². The highest BCUT2D eigenvalue weighted by Gasteiger charge is 2.51. The number of hydrogen-bond acceptors (Lipinski definition) is 3. The van der Waals surface area contributed by atoms with Gasteiger partial charge in [0.1, 0.15) is 0 Å². The van der Waals surface area contributed by atoms with Crippen molar-refractivity contribution < 1.29 is 9.47 Å². The van der Waals surface area contributed by atoms with E-state index in [2.05, 4.69) is 32.5 Å². The van der Waals surface area contributed by atoms with E-state index in [0.29, 0.717) is 12.2 Å². The second kappa shape index (κ2) is 9.28. The van der Waals surface area contributed by atoms with Gasteiger partial charge in [0.15, 0.2) is 0 Å². The predicted octanol–water partition coefficient (Wildman–Crippen LogP) is 5.69. The van der Waals surface area contributed by atoms with Crippen LogP contribution in [-0.4, -0.2) is 35.9 Å². The number of unbranched alkanes of at least 4 members (excludes halogenated alkanes) is 2. The normalized spacial score (nSPS) is 41.9. The first kappa shape index (κ1) is 19.0. The van der Waals surface area contributed by atoms with Crippen molar-refractivity contribution in [2.45, 2.75) is 101 Å². The van der Waals surface area contributed by atoms with E-state index in [1.807, 2.05) is 0 Å². The van der Waals surface area contributed by atoms with Crippen molar-refractivity contribution in [2.24, 2.45) is 17.8 Å². The van der Waals surface area contributed by atoms with Gasteiger partial charge in [0.2, 0.25) is 0 Å². The lowest BCUT2D eigenvalue weighted by Gasteiger charge is -2.39. The molecule has 3 aliphatic rings. The molecule has 2 aliphatic carbocycles. The summed E-state index contributed by atoms with van der Waals surface area (Å²) in [4.78, 5) is 0. The van der Waals surface area contributed by atoms with Gasteiger partial charge in [-0.2, -0.15) is 11.8 Å². The Kier molecular flexibility index (Phi) is 7.36. The first-order valence-corrected chi connectivity index (χ1v) is 11.6. The van der Waals surface area contributed by atoms with Gasteiger partial charge in [-0.05, 0) is 62.7 Å². The molecule has 0 radical (unpaired) electrons. The van der Waals surface area contributed by atoms with E-state index in [9.17, 15) is 0 Å². The average Bonchev–Trinajstić information content (AvgIpc) is 2.96. The molecule has 0 amide bonds. The fraction of sp³-hybridized carbons (Fsp3) is 1.00. The van der Waals surface area contributed by atoms with E-state index in [0.717, 1.165) is 41.5 Å². The van der Waals surface area contributed by atoms with Crippen molar-refractivity contribution in [3.63, 3.8) is 0 Å². The molecule has 0 N–H and O–H groups in total. The van der Waals surface area contributed by atoms with Gasteiger partial charge >= 0.3 is 0 Å². The van der Waals surface area contributed by atoms with Crippen LogP contribution in [0.4, 0.5) is 0 Å². The SMILES string of the molecule is CCCCOC1CCC2C(C1)SC1C(C)C(OCCCC)CCC21. The zero-order chi connectivity index (χ0) is 16.9. The third-order valence-corrected chi connectivity index (χ3v) is 8.65. The fourth-order valence-corrected chi connectivity index (χ4v) is 7.42. The first-order chi connectivity index (χ1) is 11.7. The van der Waals surface area contributed by atoms with Crippen molar-refractivity contribution in [3.8, 4) is 0 Å². The smallest absolute Gasteiger partial charge is 0.0611 e. The van der Waals surface area contributed by atoms with Crippen molar-refractivity contribution >= 4 is 11.8 Å². The highest BCUT2D eigenvalue weighted by atomic mass is 32.2. The molecule has 3 fully saturated rings. The summed E-state index contributed by atoms with van der Waals surface area (Å²) in [7, 11) is 0. The zero-order valence-electron chi connectivity index (χ0n) is 16.0. The van der Waals surface area contributed by atoms with Gasteiger partial charge in [-0.3, -0.25) is 0 Å². The lowest BCUT2D eigenvalue weighted by Crippen LogP contribution is -2.40. The molecule has 7 unspecified atom stereocenters. The number of ether oxygens (including phenoxy) is 2. The molecule has 1 saturated heterocycles. The molecule has 2 saturated carbocycles. The van der Waals surface area contributed by atoms with Gasteiger partial charge in [0, 0.05) is 23.7 Å². The molecule has 0 aromatic rings. The Balaban J connectivity index is 1.51. The van der Waals surface area contributed by atoms with Crippen LogP contribution in [0.2, 0.25) is 0 Å². The fourth-order valence-electron chi connectivity index (χ4n) is 5.19. The summed E-state index contributed by atoms with van der Waals surface area (Å²) in [5, 5.41) is 1.70. The molecule has 2 nitrogen and oxygen atoms in total. The summed E-state index contributed by atoms with van der Waals surface area (Å²) < 4.78 is 12.4. The van der Waals surface area contributed by atoms with Crippen molar-refractivity contribution in [2.75, 3.05) is 13.2 Å². The molecule has 1 aliphatic heterocycles. The largest absolute Gasteiger partial charge is 0.378 e. The molecule has 140 valence electrons. The Labute approximate surface area is 153 Å². The van der Waals surface area contributed by atoms with Crippen LogP contribution in [0.3, 0.4) is 0 Å². The highest BCUT2D eigenvalue weighted by Crippen LogP contribution is 2.56. The number of hydrogen-bond donors (Lipinski definition) is 0. The molecule has 3 rings (SSSR count). The molecule has 0 aromatic carbocycles. The van der Waals surface area contributed by atoms with E-state index in [1.165, 1.54) is 57.8 Å². The van der Waals surface area contributed by atoms with Crippen LogP contribution < -0.4 is 0 Å². The second-order valence-electron chi connectivity index (χ2n) is 8.33. The maximum Gasteiger partial charge on any atom is 0.0611 e. The summed E-state index contributed by atoms with van der Waals surface area (Å²) >= 11 is 2.31. The predicted molar refractivity (Wildman–Crippen MR) is 104 cm³/mol. The lowest BCUT2D eigenvalue weighted by atomic mass is 9.69. The Morgan fingerprint density at radius 1 is 0.875 bits per heavy atom.